The molecule has 2 unspecified atom stereocenters. The van der Waals surface area contributed by atoms with Crippen LogP contribution in [0, 0.1) is 0 Å². The van der Waals surface area contributed by atoms with Gasteiger partial charge in [0, 0.05) is 12.6 Å². The summed E-state index contributed by atoms with van der Waals surface area (Å²) in [4.78, 5) is 0. The molecule has 0 amide bonds. The zero-order valence-corrected chi connectivity index (χ0v) is 9.01. The Labute approximate surface area is 88.8 Å². The van der Waals surface area contributed by atoms with Crippen LogP contribution in [-0.4, -0.2) is 42.9 Å². The molecule has 5 heteroatoms. The van der Waals surface area contributed by atoms with Crippen LogP contribution < -0.4 is 5.32 Å². The predicted molar refractivity (Wildman–Crippen MR) is 53.1 cm³/mol. The van der Waals surface area contributed by atoms with Crippen LogP contribution in [0.5, 0.6) is 0 Å². The number of hydrogen-bond acceptors (Lipinski definition) is 3. The quantitative estimate of drug-likeness (QED) is 0.735. The highest BCUT2D eigenvalue weighted by molar-refractivity contribution is 4.79. The van der Waals surface area contributed by atoms with Crippen LogP contribution in [0.2, 0.25) is 0 Å². The van der Waals surface area contributed by atoms with Crippen molar-refractivity contribution in [1.82, 2.24) is 5.32 Å². The molecular formula is C10H19F2NO2. The van der Waals surface area contributed by atoms with Crippen molar-refractivity contribution in [2.45, 2.75) is 44.3 Å². The Morgan fingerprint density at radius 3 is 2.87 bits per heavy atom. The van der Waals surface area contributed by atoms with Crippen molar-refractivity contribution in [2.24, 2.45) is 0 Å². The number of ether oxygens (including phenoxy) is 1. The van der Waals surface area contributed by atoms with E-state index in [4.69, 9.17) is 9.84 Å². The summed E-state index contributed by atoms with van der Waals surface area (Å²) in [5.74, 6) is -3.01. The highest BCUT2D eigenvalue weighted by Gasteiger charge is 2.30. The van der Waals surface area contributed by atoms with E-state index in [2.05, 4.69) is 5.32 Å². The fraction of sp³-hybridized carbons (Fsp3) is 1.00. The molecule has 0 aromatic rings. The molecule has 90 valence electrons. The molecule has 2 N–H and O–H groups in total. The lowest BCUT2D eigenvalue weighted by molar-refractivity contribution is -0.0560. The predicted octanol–water partition coefficient (Wildman–Crippen LogP) is 1.16. The Balaban J connectivity index is 2.26. The Morgan fingerprint density at radius 1 is 1.53 bits per heavy atom. The molecule has 0 aromatic carbocycles. The normalized spacial score (nSPS) is 28.0. The van der Waals surface area contributed by atoms with Crippen molar-refractivity contribution in [2.75, 3.05) is 19.8 Å². The third kappa shape index (κ3) is 4.40. The van der Waals surface area contributed by atoms with E-state index >= 15 is 0 Å². The van der Waals surface area contributed by atoms with Crippen molar-refractivity contribution >= 4 is 0 Å². The van der Waals surface area contributed by atoms with Crippen molar-refractivity contribution < 1.29 is 18.6 Å². The minimum absolute atomic E-state index is 0.0844. The summed E-state index contributed by atoms with van der Waals surface area (Å²) in [6, 6.07) is 0.0844. The SMILES string of the molecule is CCC1CC(NCC(F)(F)CO)CCO1. The second-order valence-electron chi connectivity index (χ2n) is 4.02. The maximum atomic E-state index is 12.7. The maximum Gasteiger partial charge on any atom is 0.282 e. The lowest BCUT2D eigenvalue weighted by Gasteiger charge is -2.30. The number of nitrogens with one attached hydrogen (secondary N) is 1. The second kappa shape index (κ2) is 5.72. The molecule has 1 heterocycles. The third-order valence-corrected chi connectivity index (χ3v) is 2.70. The van der Waals surface area contributed by atoms with E-state index in [1.165, 1.54) is 0 Å². The van der Waals surface area contributed by atoms with Gasteiger partial charge < -0.3 is 15.2 Å². The maximum absolute atomic E-state index is 12.7. The van der Waals surface area contributed by atoms with E-state index in [-0.39, 0.29) is 12.1 Å². The summed E-state index contributed by atoms with van der Waals surface area (Å²) < 4.78 is 30.9. The third-order valence-electron chi connectivity index (χ3n) is 2.70. The zero-order valence-electron chi connectivity index (χ0n) is 9.01. The van der Waals surface area contributed by atoms with Gasteiger partial charge in [-0.2, -0.15) is 0 Å². The first-order valence-corrected chi connectivity index (χ1v) is 5.41. The van der Waals surface area contributed by atoms with Crippen LogP contribution in [0.25, 0.3) is 0 Å². The van der Waals surface area contributed by atoms with Gasteiger partial charge in [-0.25, -0.2) is 8.78 Å². The van der Waals surface area contributed by atoms with Gasteiger partial charge >= 0.3 is 0 Å². The largest absolute Gasteiger partial charge is 0.390 e. The van der Waals surface area contributed by atoms with Gasteiger partial charge in [-0.3, -0.25) is 0 Å². The van der Waals surface area contributed by atoms with E-state index in [1.807, 2.05) is 6.92 Å². The molecule has 0 aliphatic carbocycles. The van der Waals surface area contributed by atoms with Gasteiger partial charge in [0.25, 0.3) is 5.92 Å². The van der Waals surface area contributed by atoms with Gasteiger partial charge in [0.1, 0.15) is 6.61 Å². The van der Waals surface area contributed by atoms with Crippen molar-refractivity contribution in [3.63, 3.8) is 0 Å². The molecule has 0 radical (unpaired) electrons. The first-order chi connectivity index (χ1) is 7.07. The fourth-order valence-electron chi connectivity index (χ4n) is 1.70. The fourth-order valence-corrected chi connectivity index (χ4v) is 1.70. The first kappa shape index (κ1) is 12.8. The van der Waals surface area contributed by atoms with Crippen LogP contribution in [0.15, 0.2) is 0 Å². The summed E-state index contributed by atoms with van der Waals surface area (Å²) in [5.41, 5.74) is 0. The summed E-state index contributed by atoms with van der Waals surface area (Å²) in [5, 5.41) is 11.2. The van der Waals surface area contributed by atoms with Gasteiger partial charge in [0.15, 0.2) is 0 Å². The van der Waals surface area contributed by atoms with Gasteiger partial charge in [-0.1, -0.05) is 6.92 Å². The first-order valence-electron chi connectivity index (χ1n) is 5.41. The average molecular weight is 223 g/mol. The van der Waals surface area contributed by atoms with E-state index in [0.717, 1.165) is 19.3 Å². The number of alkyl halides is 2. The molecule has 15 heavy (non-hydrogen) atoms. The molecule has 3 nitrogen and oxygen atoms in total. The highest BCUT2D eigenvalue weighted by Crippen LogP contribution is 2.18. The molecular weight excluding hydrogens is 204 g/mol. The summed E-state index contributed by atoms with van der Waals surface area (Å²) >= 11 is 0. The monoisotopic (exact) mass is 223 g/mol. The van der Waals surface area contributed by atoms with E-state index in [0.29, 0.717) is 6.61 Å². The Kier molecular flexibility index (Phi) is 4.89. The van der Waals surface area contributed by atoms with Crippen molar-refractivity contribution in [1.29, 1.82) is 0 Å². The van der Waals surface area contributed by atoms with Gasteiger partial charge in [-0.05, 0) is 19.3 Å². The molecule has 1 fully saturated rings. The molecule has 0 saturated carbocycles. The molecule has 1 aliphatic heterocycles. The zero-order chi connectivity index (χ0) is 11.3. The molecule has 1 saturated heterocycles. The lowest BCUT2D eigenvalue weighted by Crippen LogP contribution is -2.45. The minimum atomic E-state index is -3.01. The number of aliphatic hydroxyl groups excluding tert-OH is 1. The van der Waals surface area contributed by atoms with Crippen LogP contribution >= 0.6 is 0 Å². The van der Waals surface area contributed by atoms with Crippen LogP contribution in [0.4, 0.5) is 8.78 Å². The molecule has 2 atom stereocenters. The van der Waals surface area contributed by atoms with Crippen molar-refractivity contribution in [3.8, 4) is 0 Å². The standard InChI is InChI=1S/C10H19F2NO2/c1-2-9-5-8(3-4-15-9)13-6-10(11,12)7-14/h8-9,13-14H,2-7H2,1H3. The van der Waals surface area contributed by atoms with Gasteiger partial charge in [0.05, 0.1) is 12.6 Å². The topological polar surface area (TPSA) is 41.5 Å². The minimum Gasteiger partial charge on any atom is -0.390 e. The number of hydrogen-bond donors (Lipinski definition) is 2. The molecule has 0 aromatic heterocycles. The summed E-state index contributed by atoms with van der Waals surface area (Å²) in [6.07, 6.45) is 2.63. The number of rotatable bonds is 5. The molecule has 1 rings (SSSR count). The Hall–Kier alpha value is -0.260. The van der Waals surface area contributed by atoms with E-state index in [1.54, 1.807) is 0 Å². The highest BCUT2D eigenvalue weighted by atomic mass is 19.3. The van der Waals surface area contributed by atoms with E-state index < -0.39 is 19.1 Å². The molecule has 0 spiro atoms. The van der Waals surface area contributed by atoms with E-state index in [9.17, 15) is 8.78 Å². The Morgan fingerprint density at radius 2 is 2.27 bits per heavy atom. The second-order valence-corrected chi connectivity index (χ2v) is 4.02. The Bertz CT molecular complexity index is 190. The number of aliphatic hydroxyl groups is 1. The van der Waals surface area contributed by atoms with Crippen LogP contribution in [0.1, 0.15) is 26.2 Å². The summed E-state index contributed by atoms with van der Waals surface area (Å²) in [7, 11) is 0. The van der Waals surface area contributed by atoms with Crippen LogP contribution in [0.3, 0.4) is 0 Å². The molecule has 1 aliphatic rings. The molecule has 0 bridgehead atoms. The average Bonchev–Trinajstić information content (AvgIpc) is 2.27. The lowest BCUT2D eigenvalue weighted by atomic mass is 10.0. The van der Waals surface area contributed by atoms with Gasteiger partial charge in [0.2, 0.25) is 0 Å². The summed E-state index contributed by atoms with van der Waals surface area (Å²) in [6.45, 7) is 1.10. The number of halogens is 2. The smallest absolute Gasteiger partial charge is 0.282 e. The van der Waals surface area contributed by atoms with Crippen molar-refractivity contribution in [3.05, 3.63) is 0 Å². The van der Waals surface area contributed by atoms with Crippen LogP contribution in [-0.2, 0) is 4.74 Å². The van der Waals surface area contributed by atoms with Gasteiger partial charge in [-0.15, -0.1) is 0 Å².